The molecule has 0 radical (unpaired) electrons. The lowest BCUT2D eigenvalue weighted by Crippen LogP contribution is -2.30. The molecule has 9 heteroatoms. The number of anilines is 1. The molecule has 0 unspecified atom stereocenters. The Balaban J connectivity index is 1.85. The van der Waals surface area contributed by atoms with Crippen molar-refractivity contribution in [3.8, 4) is 39.6 Å². The van der Waals surface area contributed by atoms with Gasteiger partial charge in [0.2, 0.25) is 0 Å². The number of hydrogen-bond donors (Lipinski definition) is 1. The number of nitrogens with one attached hydrogen (secondary N) is 1. The molecule has 0 spiro atoms. The molecular formula is C29H22F3N3O2S. The molecule has 0 saturated carbocycles. The first-order valence-corrected chi connectivity index (χ1v) is 13.1. The van der Waals surface area contributed by atoms with Crippen molar-refractivity contribution in [1.82, 2.24) is 9.55 Å². The lowest BCUT2D eigenvalue weighted by atomic mass is 10.0. The Morgan fingerprint density at radius 1 is 0.737 bits per heavy atom. The zero-order valence-corrected chi connectivity index (χ0v) is 21.0. The molecule has 192 valence electrons. The smallest absolute Gasteiger partial charge is 0.292 e. The summed E-state index contributed by atoms with van der Waals surface area (Å²) in [5.41, 5.74) is -0.832. The average Bonchev–Trinajstić information content (AvgIpc) is 3.30. The van der Waals surface area contributed by atoms with E-state index in [4.69, 9.17) is 4.98 Å². The van der Waals surface area contributed by atoms with E-state index in [1.54, 1.807) is 16.9 Å². The summed E-state index contributed by atoms with van der Waals surface area (Å²) in [6, 6.07) is 32.5. The number of alkyl halides is 3. The Kier molecular flexibility index (Phi) is 6.54. The molecule has 4 aromatic carbocycles. The monoisotopic (exact) mass is 533 g/mol. The minimum atomic E-state index is -5.66. The molecule has 0 aliphatic heterocycles. The summed E-state index contributed by atoms with van der Waals surface area (Å²) >= 11 is 0. The van der Waals surface area contributed by atoms with Crippen molar-refractivity contribution >= 4 is 15.7 Å². The Hall–Kier alpha value is -4.37. The molecular weight excluding hydrogens is 511 g/mol. The summed E-state index contributed by atoms with van der Waals surface area (Å²) in [7, 11) is -5.66. The third kappa shape index (κ3) is 4.80. The first kappa shape index (κ1) is 25.3. The van der Waals surface area contributed by atoms with E-state index in [0.717, 1.165) is 16.7 Å². The van der Waals surface area contributed by atoms with E-state index in [1.807, 2.05) is 96.4 Å². The second kappa shape index (κ2) is 9.83. The average molecular weight is 534 g/mol. The fourth-order valence-electron chi connectivity index (χ4n) is 4.18. The number of para-hydroxylation sites is 1. The van der Waals surface area contributed by atoms with Gasteiger partial charge < -0.3 is 0 Å². The van der Waals surface area contributed by atoms with Gasteiger partial charge in [-0.05, 0) is 31.2 Å². The van der Waals surface area contributed by atoms with E-state index in [-0.39, 0.29) is 17.1 Å². The van der Waals surface area contributed by atoms with Gasteiger partial charge in [0.25, 0.3) is 0 Å². The molecule has 5 nitrogen and oxygen atoms in total. The summed E-state index contributed by atoms with van der Waals surface area (Å²) in [4.78, 5) is 4.93. The van der Waals surface area contributed by atoms with Crippen LogP contribution in [-0.4, -0.2) is 23.5 Å². The number of sulfonamides is 1. The zero-order valence-electron chi connectivity index (χ0n) is 20.1. The summed E-state index contributed by atoms with van der Waals surface area (Å²) < 4.78 is 67.5. The molecule has 0 bridgehead atoms. The van der Waals surface area contributed by atoms with Gasteiger partial charge in [-0.2, -0.15) is 21.6 Å². The molecule has 0 aliphatic rings. The normalized spacial score (nSPS) is 11.9. The second-order valence-corrected chi connectivity index (χ2v) is 10.3. The highest BCUT2D eigenvalue weighted by molar-refractivity contribution is 7.93. The van der Waals surface area contributed by atoms with Crippen molar-refractivity contribution in [3.05, 3.63) is 115 Å². The highest BCUT2D eigenvalue weighted by Crippen LogP contribution is 2.41. The molecule has 5 aromatic rings. The van der Waals surface area contributed by atoms with Crippen molar-refractivity contribution in [1.29, 1.82) is 0 Å². The number of halogens is 3. The predicted molar refractivity (Wildman–Crippen MR) is 143 cm³/mol. The Labute approximate surface area is 218 Å². The van der Waals surface area contributed by atoms with E-state index >= 15 is 0 Å². The summed E-state index contributed by atoms with van der Waals surface area (Å²) in [6.45, 7) is 1.95. The van der Waals surface area contributed by atoms with Gasteiger partial charge in [0.15, 0.2) is 0 Å². The number of nitrogens with zero attached hydrogens (tertiary/aromatic N) is 2. The molecule has 1 aromatic heterocycles. The largest absolute Gasteiger partial charge is 0.516 e. The van der Waals surface area contributed by atoms with Crippen LogP contribution in [-0.2, 0) is 10.0 Å². The molecule has 38 heavy (non-hydrogen) atoms. The van der Waals surface area contributed by atoms with Crippen LogP contribution in [0.2, 0.25) is 0 Å². The van der Waals surface area contributed by atoms with Crippen LogP contribution in [0.3, 0.4) is 0 Å². The van der Waals surface area contributed by atoms with Crippen molar-refractivity contribution in [2.45, 2.75) is 12.4 Å². The van der Waals surface area contributed by atoms with Crippen LogP contribution >= 0.6 is 0 Å². The van der Waals surface area contributed by atoms with Crippen LogP contribution in [0.5, 0.6) is 0 Å². The van der Waals surface area contributed by atoms with Crippen LogP contribution in [0, 0.1) is 6.92 Å². The minimum absolute atomic E-state index is 0.195. The Morgan fingerprint density at radius 2 is 1.29 bits per heavy atom. The van der Waals surface area contributed by atoms with E-state index < -0.39 is 15.5 Å². The van der Waals surface area contributed by atoms with E-state index in [0.29, 0.717) is 17.1 Å². The van der Waals surface area contributed by atoms with Crippen molar-refractivity contribution in [3.63, 3.8) is 0 Å². The lowest BCUT2D eigenvalue weighted by molar-refractivity contribution is -0.0429. The highest BCUT2D eigenvalue weighted by atomic mass is 32.2. The quantitative estimate of drug-likeness (QED) is 0.247. The van der Waals surface area contributed by atoms with Gasteiger partial charge in [-0.25, -0.2) is 4.98 Å². The fourth-order valence-corrected chi connectivity index (χ4v) is 4.76. The standard InChI is InChI=1S/C29H22F3N3O2S/c1-20-16-18-23(19-17-20)35-27(22-12-6-3-7-13-22)26(21-10-4-2-5-11-21)33-28(35)24-14-8-9-15-25(24)34-38(36,37)29(30,31)32/h2-19,34H,1H3. The van der Waals surface area contributed by atoms with Crippen LogP contribution in [0.1, 0.15) is 5.56 Å². The first-order chi connectivity index (χ1) is 18.2. The molecule has 0 amide bonds. The molecule has 0 atom stereocenters. The first-order valence-electron chi connectivity index (χ1n) is 11.6. The van der Waals surface area contributed by atoms with E-state index in [9.17, 15) is 21.6 Å². The number of benzene rings is 4. The van der Waals surface area contributed by atoms with Gasteiger partial charge >= 0.3 is 15.5 Å². The van der Waals surface area contributed by atoms with E-state index in [1.165, 1.54) is 12.1 Å². The number of rotatable bonds is 6. The maximum atomic E-state index is 13.3. The minimum Gasteiger partial charge on any atom is -0.292 e. The van der Waals surface area contributed by atoms with Gasteiger partial charge in [-0.1, -0.05) is 90.5 Å². The number of hydrogen-bond acceptors (Lipinski definition) is 3. The third-order valence-electron chi connectivity index (χ3n) is 5.98. The molecule has 0 fully saturated rings. The fraction of sp³-hybridized carbons (Fsp3) is 0.0690. The second-order valence-electron chi connectivity index (χ2n) is 8.63. The Morgan fingerprint density at radius 3 is 1.89 bits per heavy atom. The van der Waals surface area contributed by atoms with Crippen molar-refractivity contribution in [2.75, 3.05) is 4.72 Å². The summed E-state index contributed by atoms with van der Waals surface area (Å²) in [5.74, 6) is 0.284. The van der Waals surface area contributed by atoms with Crippen LogP contribution in [0.15, 0.2) is 109 Å². The summed E-state index contributed by atoms with van der Waals surface area (Å²) in [6.07, 6.45) is 0. The number of imidazole rings is 1. The van der Waals surface area contributed by atoms with Crippen LogP contribution in [0.4, 0.5) is 18.9 Å². The topological polar surface area (TPSA) is 64.0 Å². The SMILES string of the molecule is Cc1ccc(-n2c(-c3ccccc3NS(=O)(=O)C(F)(F)F)nc(-c3ccccc3)c2-c2ccccc2)cc1. The van der Waals surface area contributed by atoms with Gasteiger partial charge in [0.05, 0.1) is 17.1 Å². The molecule has 1 N–H and O–H groups in total. The maximum absolute atomic E-state index is 13.3. The number of aromatic nitrogens is 2. The predicted octanol–water partition coefficient (Wildman–Crippen LogP) is 7.44. The molecule has 5 rings (SSSR count). The van der Waals surface area contributed by atoms with Crippen LogP contribution in [0.25, 0.3) is 39.6 Å². The van der Waals surface area contributed by atoms with Gasteiger partial charge in [0, 0.05) is 22.4 Å². The van der Waals surface area contributed by atoms with Gasteiger partial charge in [-0.15, -0.1) is 0 Å². The molecule has 0 aliphatic carbocycles. The van der Waals surface area contributed by atoms with Gasteiger partial charge in [0.1, 0.15) is 5.82 Å². The molecule has 1 heterocycles. The van der Waals surface area contributed by atoms with Crippen molar-refractivity contribution < 1.29 is 21.6 Å². The number of aryl methyl sites for hydroxylation is 1. The van der Waals surface area contributed by atoms with E-state index in [2.05, 4.69) is 0 Å². The summed E-state index contributed by atoms with van der Waals surface area (Å²) in [5, 5.41) is 0. The van der Waals surface area contributed by atoms with Crippen LogP contribution < -0.4 is 4.72 Å². The highest BCUT2D eigenvalue weighted by Gasteiger charge is 2.46. The zero-order chi connectivity index (χ0) is 26.9. The third-order valence-corrected chi connectivity index (χ3v) is 7.08. The Bertz CT molecular complexity index is 1680. The lowest BCUT2D eigenvalue weighted by Gasteiger charge is -2.17. The van der Waals surface area contributed by atoms with Crippen molar-refractivity contribution in [2.24, 2.45) is 0 Å². The van der Waals surface area contributed by atoms with Gasteiger partial charge in [-0.3, -0.25) is 9.29 Å². The molecule has 0 saturated heterocycles. The maximum Gasteiger partial charge on any atom is 0.516 e.